The van der Waals surface area contributed by atoms with Gasteiger partial charge in [0.25, 0.3) is 0 Å². The van der Waals surface area contributed by atoms with Crippen molar-refractivity contribution in [3.8, 4) is 0 Å². The van der Waals surface area contributed by atoms with E-state index in [0.717, 1.165) is 11.8 Å². The number of hydrogen-bond donors (Lipinski definition) is 2. The van der Waals surface area contributed by atoms with Crippen molar-refractivity contribution in [3.05, 3.63) is 0 Å². The van der Waals surface area contributed by atoms with E-state index in [1.807, 2.05) is 13.8 Å². The zero-order valence-electron chi connectivity index (χ0n) is 10.3. The van der Waals surface area contributed by atoms with Gasteiger partial charge in [-0.25, -0.2) is 0 Å². The van der Waals surface area contributed by atoms with Crippen molar-refractivity contribution in [1.82, 2.24) is 0 Å². The minimum absolute atomic E-state index is 0. The van der Waals surface area contributed by atoms with Crippen molar-refractivity contribution in [3.63, 3.8) is 0 Å². The smallest absolute Gasteiger partial charge is 1.00 e. The van der Waals surface area contributed by atoms with Crippen LogP contribution in [0.4, 0.5) is 0 Å². The fourth-order valence-corrected chi connectivity index (χ4v) is 2.29. The number of nitrogens with two attached hydrogens (primary N) is 2. The maximum atomic E-state index is 5.82. The van der Waals surface area contributed by atoms with Gasteiger partial charge >= 0.3 is 21.1 Å². The third kappa shape index (κ3) is 11.9. The Kier molecular flexibility index (Phi) is 27.5. The van der Waals surface area contributed by atoms with E-state index in [2.05, 4.69) is 0 Å². The van der Waals surface area contributed by atoms with E-state index in [1.165, 1.54) is 25.7 Å². The van der Waals surface area contributed by atoms with E-state index in [0.29, 0.717) is 12.1 Å². The molecular weight excluding hydrogens is 446 g/mol. The van der Waals surface area contributed by atoms with Crippen LogP contribution in [0.3, 0.4) is 0 Å². The van der Waals surface area contributed by atoms with Gasteiger partial charge in [0.2, 0.25) is 0 Å². The molecular formula is C10H24Cl2N2O2Pt. The quantitative estimate of drug-likeness (QED) is 0.370. The van der Waals surface area contributed by atoms with E-state index in [4.69, 9.17) is 11.5 Å². The van der Waals surface area contributed by atoms with E-state index < -0.39 is 0 Å². The predicted molar refractivity (Wildman–Crippen MR) is 56.6 cm³/mol. The second-order valence-electron chi connectivity index (χ2n) is 4.58. The Labute approximate surface area is 131 Å². The van der Waals surface area contributed by atoms with Crippen LogP contribution >= 0.6 is 0 Å². The van der Waals surface area contributed by atoms with Crippen LogP contribution in [0.5, 0.6) is 0 Å². The summed E-state index contributed by atoms with van der Waals surface area (Å²) in [6.45, 7) is 3.89. The van der Waals surface area contributed by atoms with Crippen LogP contribution in [-0.2, 0) is 21.1 Å². The molecule has 17 heavy (non-hydrogen) atoms. The molecule has 2 fully saturated rings. The van der Waals surface area contributed by atoms with Gasteiger partial charge in [-0.05, 0) is 37.1 Å². The van der Waals surface area contributed by atoms with E-state index in [9.17, 15) is 0 Å². The van der Waals surface area contributed by atoms with Gasteiger partial charge in [-0.2, -0.15) is 0 Å². The maximum absolute atomic E-state index is 5.82. The van der Waals surface area contributed by atoms with Gasteiger partial charge < -0.3 is 47.2 Å². The van der Waals surface area contributed by atoms with Crippen LogP contribution in [0.2, 0.25) is 0 Å². The molecule has 0 spiro atoms. The minimum Gasteiger partial charge on any atom is -1.00 e. The average molecular weight is 470 g/mol. The molecule has 6 N–H and O–H groups in total. The summed E-state index contributed by atoms with van der Waals surface area (Å²) in [5.74, 6) is 1.94. The molecule has 7 heteroatoms. The zero-order valence-corrected chi connectivity index (χ0v) is 14.0. The molecule has 0 aromatic rings. The first kappa shape index (κ1) is 30.8. The molecule has 2 rings (SSSR count). The maximum Gasteiger partial charge on any atom is 4.00 e. The second kappa shape index (κ2) is 15.2. The Morgan fingerprint density at radius 1 is 1.00 bits per heavy atom. The van der Waals surface area contributed by atoms with Crippen molar-refractivity contribution in [2.24, 2.45) is 23.3 Å². The third-order valence-corrected chi connectivity index (χ3v) is 2.79. The molecule has 2 unspecified atom stereocenters. The van der Waals surface area contributed by atoms with Gasteiger partial charge in [0.15, 0.2) is 0 Å². The molecule has 0 aromatic heterocycles. The summed E-state index contributed by atoms with van der Waals surface area (Å²) in [5.41, 5.74) is 10.9. The average Bonchev–Trinajstić information content (AvgIpc) is 2.44. The van der Waals surface area contributed by atoms with E-state index in [-0.39, 0.29) is 56.8 Å². The summed E-state index contributed by atoms with van der Waals surface area (Å²) >= 11 is 0. The molecule has 0 aliphatic heterocycles. The zero-order chi connectivity index (χ0) is 9.14. The Morgan fingerprint density at radius 3 is 1.53 bits per heavy atom. The van der Waals surface area contributed by atoms with Crippen LogP contribution in [0.25, 0.3) is 0 Å². The Morgan fingerprint density at radius 2 is 1.41 bits per heavy atom. The topological polar surface area (TPSA) is 112 Å². The largest absolute Gasteiger partial charge is 4.00 e. The van der Waals surface area contributed by atoms with Gasteiger partial charge in [-0.3, -0.25) is 0 Å². The van der Waals surface area contributed by atoms with Crippen LogP contribution in [0.1, 0.15) is 39.5 Å². The van der Waals surface area contributed by atoms with Crippen LogP contribution in [0, 0.1) is 11.8 Å². The number of rotatable bonds is 0. The number of fused-ring (bicyclic) bond motifs is 2. The van der Waals surface area contributed by atoms with Crippen LogP contribution < -0.4 is 36.3 Å². The summed E-state index contributed by atoms with van der Waals surface area (Å²) in [6.07, 6.45) is 5.66. The molecule has 4 nitrogen and oxygen atoms in total. The van der Waals surface area contributed by atoms with Gasteiger partial charge in [0.1, 0.15) is 0 Å². The first-order valence-corrected chi connectivity index (χ1v) is 5.10. The van der Waals surface area contributed by atoms with Gasteiger partial charge in [0.05, 0.1) is 0 Å². The fourth-order valence-electron chi connectivity index (χ4n) is 2.29. The first-order valence-electron chi connectivity index (χ1n) is 5.10. The molecule has 0 heterocycles. The summed E-state index contributed by atoms with van der Waals surface area (Å²) in [4.78, 5) is 0. The molecule has 2 bridgehead atoms. The molecule has 0 saturated heterocycles. The van der Waals surface area contributed by atoms with Crippen molar-refractivity contribution < 1.29 is 56.8 Å². The molecule has 0 aromatic carbocycles. The summed E-state index contributed by atoms with van der Waals surface area (Å²) < 4.78 is 0. The molecule has 3 atom stereocenters. The van der Waals surface area contributed by atoms with Crippen molar-refractivity contribution in [2.45, 2.75) is 51.6 Å². The van der Waals surface area contributed by atoms with Gasteiger partial charge in [0, 0.05) is 6.04 Å². The summed E-state index contributed by atoms with van der Waals surface area (Å²) in [6, 6.07) is 0.911. The van der Waals surface area contributed by atoms with Crippen molar-refractivity contribution in [1.29, 1.82) is 0 Å². The Bertz CT molecular complexity index is 152. The summed E-state index contributed by atoms with van der Waals surface area (Å²) in [7, 11) is 0. The molecule has 2 saturated carbocycles. The molecule has 110 valence electrons. The van der Waals surface area contributed by atoms with Crippen molar-refractivity contribution >= 4 is 0 Å². The number of halogens is 2. The molecule has 2 aliphatic rings. The summed E-state index contributed by atoms with van der Waals surface area (Å²) in [5, 5.41) is 0. The van der Waals surface area contributed by atoms with E-state index in [1.54, 1.807) is 0 Å². The number of hydrogen-bond acceptors (Lipinski definition) is 4. The Balaban J connectivity index is -0.0000000492. The fraction of sp³-hybridized carbons (Fsp3) is 1.00. The molecule has 2 aliphatic carbocycles. The van der Waals surface area contributed by atoms with Gasteiger partial charge in [-0.15, -0.1) is 0 Å². The van der Waals surface area contributed by atoms with Crippen LogP contribution in [-0.4, -0.2) is 23.0 Å². The molecule has 0 amide bonds. The van der Waals surface area contributed by atoms with E-state index >= 15 is 0 Å². The normalized spacial score (nSPS) is 27.0. The monoisotopic (exact) mass is 469 g/mol. The second-order valence-corrected chi connectivity index (χ2v) is 4.58. The third-order valence-electron chi connectivity index (χ3n) is 2.79. The predicted octanol–water partition coefficient (Wildman–Crippen LogP) is -4.86. The Hall–Kier alpha value is 1.11. The minimum atomic E-state index is 0. The van der Waals surface area contributed by atoms with Crippen molar-refractivity contribution in [2.75, 3.05) is 0 Å². The molecule has 0 radical (unpaired) electrons. The first-order chi connectivity index (χ1) is 5.59. The standard InChI is InChI=1S/C7H13N.C3H9N.2ClH.2H2O.Pt/c8-7-4-5-1-2-6(7)3-5;1-3(2)4;;;;;/h5-7H,1-4,8H2;3H,4H2,1-2H3;2*1H;2*1H2;/q;;;;;;+4/p-4/t5?,6?,7-;;;;;;/m0....../s1. The SMILES string of the molecule is CC(C)N.N[C@H]1CC2CCC1C2.[Cl-].[Cl-].[OH-].[OH-].[Pt+4]. The van der Waals surface area contributed by atoms with Crippen LogP contribution in [0.15, 0.2) is 0 Å². The van der Waals surface area contributed by atoms with Gasteiger partial charge in [-0.1, -0.05) is 20.3 Å².